The smallest absolute Gasteiger partial charge is 0.253 e. The van der Waals surface area contributed by atoms with Crippen molar-refractivity contribution in [2.45, 2.75) is 12.8 Å². The van der Waals surface area contributed by atoms with Gasteiger partial charge in [0.2, 0.25) is 0 Å². The number of hydrogen-bond acceptors (Lipinski definition) is 4. The van der Waals surface area contributed by atoms with E-state index < -0.39 is 0 Å². The Balaban J connectivity index is 1.63. The predicted octanol–water partition coefficient (Wildman–Crippen LogP) is 2.27. The van der Waals surface area contributed by atoms with E-state index in [-0.39, 0.29) is 17.1 Å². The monoisotopic (exact) mass is 364 g/mol. The molecule has 0 saturated carbocycles. The second-order valence-corrected chi connectivity index (χ2v) is 7.54. The molecule has 1 amide bonds. The first-order valence-electron chi connectivity index (χ1n) is 9.33. The van der Waals surface area contributed by atoms with E-state index in [1.807, 2.05) is 4.90 Å². The maximum atomic E-state index is 13.1. The third kappa shape index (κ3) is 4.08. The molecule has 2 aliphatic heterocycles. The summed E-state index contributed by atoms with van der Waals surface area (Å²) in [5.74, 6) is 0.175. The minimum absolute atomic E-state index is 0.00243. The number of amides is 1. The number of ether oxygens (including phenoxy) is 2. The van der Waals surface area contributed by atoms with Crippen LogP contribution in [-0.4, -0.2) is 75.9 Å². The van der Waals surface area contributed by atoms with Crippen LogP contribution >= 0.6 is 0 Å². The first kappa shape index (κ1) is 19.3. The van der Waals surface area contributed by atoms with Gasteiger partial charge in [0.15, 0.2) is 0 Å². The summed E-state index contributed by atoms with van der Waals surface area (Å²) >= 11 is 0. The van der Waals surface area contributed by atoms with Gasteiger partial charge >= 0.3 is 0 Å². The average Bonchev–Trinajstić information content (AvgIpc) is 2.98. The Morgan fingerprint density at radius 3 is 2.50 bits per heavy atom. The van der Waals surface area contributed by atoms with Crippen LogP contribution in [-0.2, 0) is 9.47 Å². The summed E-state index contributed by atoms with van der Waals surface area (Å²) in [4.78, 5) is 17.0. The van der Waals surface area contributed by atoms with Crippen molar-refractivity contribution in [1.82, 2.24) is 9.80 Å². The molecule has 1 aromatic carbocycles. The van der Waals surface area contributed by atoms with Gasteiger partial charge in [-0.3, -0.25) is 4.79 Å². The Hall–Kier alpha value is -1.50. The summed E-state index contributed by atoms with van der Waals surface area (Å²) in [6.45, 7) is 6.01. The normalized spacial score (nSPS) is 22.9. The van der Waals surface area contributed by atoms with Gasteiger partial charge in [0.05, 0.1) is 13.2 Å². The second kappa shape index (κ2) is 8.46. The van der Waals surface area contributed by atoms with Crippen LogP contribution in [0.2, 0.25) is 0 Å². The van der Waals surface area contributed by atoms with Crippen LogP contribution in [0, 0.1) is 17.2 Å². The molecule has 1 spiro atoms. The highest BCUT2D eigenvalue weighted by molar-refractivity contribution is 5.94. The lowest BCUT2D eigenvalue weighted by Crippen LogP contribution is -2.47. The summed E-state index contributed by atoms with van der Waals surface area (Å²) in [6, 6.07) is 5.82. The maximum Gasteiger partial charge on any atom is 0.253 e. The molecule has 6 heteroatoms. The first-order valence-corrected chi connectivity index (χ1v) is 9.33. The lowest BCUT2D eigenvalue weighted by Gasteiger charge is -2.42. The van der Waals surface area contributed by atoms with E-state index >= 15 is 0 Å². The third-order valence-electron chi connectivity index (χ3n) is 6.00. The average molecular weight is 364 g/mol. The number of methoxy groups -OCH3 is 2. The van der Waals surface area contributed by atoms with E-state index in [1.54, 1.807) is 26.4 Å². The highest BCUT2D eigenvalue weighted by atomic mass is 19.1. The van der Waals surface area contributed by atoms with Crippen LogP contribution in [0.5, 0.6) is 0 Å². The van der Waals surface area contributed by atoms with Gasteiger partial charge in [-0.2, -0.15) is 0 Å². The molecule has 3 rings (SSSR count). The van der Waals surface area contributed by atoms with Gasteiger partial charge < -0.3 is 19.3 Å². The van der Waals surface area contributed by atoms with Crippen LogP contribution in [0.1, 0.15) is 23.2 Å². The highest BCUT2D eigenvalue weighted by Crippen LogP contribution is 2.44. The number of hydrogen-bond donors (Lipinski definition) is 0. The molecule has 2 aliphatic rings. The van der Waals surface area contributed by atoms with Crippen LogP contribution in [0.4, 0.5) is 4.39 Å². The van der Waals surface area contributed by atoms with Crippen molar-refractivity contribution in [1.29, 1.82) is 0 Å². The lowest BCUT2D eigenvalue weighted by molar-refractivity contribution is 0.0321. The number of benzene rings is 1. The summed E-state index contributed by atoms with van der Waals surface area (Å²) in [5, 5.41) is 0. The predicted molar refractivity (Wildman–Crippen MR) is 97.7 cm³/mol. The molecule has 0 aromatic heterocycles. The minimum Gasteiger partial charge on any atom is -0.384 e. The minimum atomic E-state index is -0.316. The van der Waals surface area contributed by atoms with Gasteiger partial charge in [0, 0.05) is 58.4 Å². The van der Waals surface area contributed by atoms with Gasteiger partial charge in [-0.25, -0.2) is 4.39 Å². The molecule has 2 saturated heterocycles. The Labute approximate surface area is 155 Å². The van der Waals surface area contributed by atoms with E-state index in [9.17, 15) is 9.18 Å². The van der Waals surface area contributed by atoms with Crippen molar-refractivity contribution in [3.8, 4) is 0 Å². The first-order chi connectivity index (χ1) is 12.6. The summed E-state index contributed by atoms with van der Waals surface area (Å²) in [5.41, 5.74) is 0.771. The van der Waals surface area contributed by atoms with E-state index in [4.69, 9.17) is 9.47 Å². The van der Waals surface area contributed by atoms with Crippen molar-refractivity contribution >= 4 is 5.91 Å². The molecule has 0 N–H and O–H groups in total. The zero-order chi connectivity index (χ0) is 18.6. The number of likely N-dealkylation sites (tertiary alicyclic amines) is 2. The van der Waals surface area contributed by atoms with Gasteiger partial charge in [0.25, 0.3) is 5.91 Å². The number of piperidine rings is 1. The Morgan fingerprint density at radius 2 is 1.88 bits per heavy atom. The van der Waals surface area contributed by atoms with E-state index in [1.165, 1.54) is 12.1 Å². The lowest BCUT2D eigenvalue weighted by atomic mass is 9.71. The van der Waals surface area contributed by atoms with E-state index in [0.29, 0.717) is 11.5 Å². The van der Waals surface area contributed by atoms with Crippen molar-refractivity contribution in [3.05, 3.63) is 35.6 Å². The number of carbonyl (C=O) groups excluding carboxylic acids is 1. The fraction of sp³-hybridized carbons (Fsp3) is 0.650. The summed E-state index contributed by atoms with van der Waals surface area (Å²) in [7, 11) is 3.50. The van der Waals surface area contributed by atoms with Crippen molar-refractivity contribution < 1.29 is 18.7 Å². The zero-order valence-electron chi connectivity index (χ0n) is 15.7. The van der Waals surface area contributed by atoms with Crippen LogP contribution < -0.4 is 0 Å². The number of nitrogens with zero attached hydrogens (tertiary/aromatic N) is 2. The van der Waals surface area contributed by atoms with Gasteiger partial charge in [-0.1, -0.05) is 0 Å². The molecule has 1 unspecified atom stereocenters. The molecule has 1 atom stereocenters. The number of carbonyl (C=O) groups is 1. The molecule has 2 heterocycles. The molecule has 26 heavy (non-hydrogen) atoms. The molecule has 5 nitrogen and oxygen atoms in total. The molecule has 0 radical (unpaired) electrons. The van der Waals surface area contributed by atoms with Crippen molar-refractivity contribution in [2.24, 2.45) is 11.3 Å². The largest absolute Gasteiger partial charge is 0.384 e. The molecule has 0 aliphatic carbocycles. The molecular formula is C20H29FN2O3. The molecular weight excluding hydrogens is 335 g/mol. The zero-order valence-corrected chi connectivity index (χ0v) is 15.7. The van der Waals surface area contributed by atoms with E-state index in [0.717, 1.165) is 58.8 Å². The third-order valence-corrected chi connectivity index (χ3v) is 6.00. The van der Waals surface area contributed by atoms with Gasteiger partial charge in [0.1, 0.15) is 5.82 Å². The van der Waals surface area contributed by atoms with Crippen molar-refractivity contribution in [2.75, 3.05) is 60.2 Å². The summed E-state index contributed by atoms with van der Waals surface area (Å²) < 4.78 is 23.8. The Bertz CT molecular complexity index is 600. The van der Waals surface area contributed by atoms with Gasteiger partial charge in [-0.15, -0.1) is 0 Å². The highest BCUT2D eigenvalue weighted by Gasteiger charge is 2.48. The fourth-order valence-electron chi connectivity index (χ4n) is 4.46. The standard InChI is InChI=1S/C20H29FN2O3/c1-25-12-11-22-13-17(14-26-2)20(15-22)7-9-23(10-8-20)19(24)16-3-5-18(21)6-4-16/h3-6,17H,7-15H2,1-2H3. The molecule has 1 aromatic rings. The molecule has 0 bridgehead atoms. The van der Waals surface area contributed by atoms with Crippen LogP contribution in [0.15, 0.2) is 24.3 Å². The Morgan fingerprint density at radius 1 is 1.19 bits per heavy atom. The topological polar surface area (TPSA) is 42.0 Å². The van der Waals surface area contributed by atoms with Gasteiger partial charge in [-0.05, 0) is 42.5 Å². The Kier molecular flexibility index (Phi) is 6.27. The number of halogens is 1. The maximum absolute atomic E-state index is 13.1. The molecule has 2 fully saturated rings. The number of rotatable bonds is 6. The quantitative estimate of drug-likeness (QED) is 0.777. The second-order valence-electron chi connectivity index (χ2n) is 7.54. The van der Waals surface area contributed by atoms with E-state index in [2.05, 4.69) is 4.90 Å². The fourth-order valence-corrected chi connectivity index (χ4v) is 4.46. The van der Waals surface area contributed by atoms with Crippen molar-refractivity contribution in [3.63, 3.8) is 0 Å². The molecule has 144 valence electrons. The van der Waals surface area contributed by atoms with Crippen LogP contribution in [0.3, 0.4) is 0 Å². The van der Waals surface area contributed by atoms with Crippen LogP contribution in [0.25, 0.3) is 0 Å². The summed E-state index contributed by atoms with van der Waals surface area (Å²) in [6.07, 6.45) is 1.97. The SMILES string of the molecule is COCCN1CC(COC)C2(CCN(C(=O)c3ccc(F)cc3)CC2)C1.